The topological polar surface area (TPSA) is 68.2 Å². The number of rotatable bonds is 5. The summed E-state index contributed by atoms with van der Waals surface area (Å²) < 4.78 is 21.1. The van der Waals surface area contributed by atoms with E-state index >= 15 is 0 Å². The number of nitrogens with zero attached hydrogens (tertiary/aromatic N) is 2. The van der Waals surface area contributed by atoms with Crippen LogP contribution in [0.15, 0.2) is 36.7 Å². The molecule has 7 heteroatoms. The van der Waals surface area contributed by atoms with Crippen molar-refractivity contribution in [2.45, 2.75) is 38.0 Å². The fraction of sp³-hybridized carbons (Fsp3) is 0.444. The number of carbonyl (C=O) groups is 1. The molecule has 1 aliphatic rings. The van der Waals surface area contributed by atoms with Crippen molar-refractivity contribution in [1.82, 2.24) is 20.2 Å². The largest absolute Gasteiger partial charge is 0.376 e. The van der Waals surface area contributed by atoms with E-state index in [9.17, 15) is 9.18 Å². The number of amides is 2. The Morgan fingerprint density at radius 2 is 2.28 bits per heavy atom. The van der Waals surface area contributed by atoms with Gasteiger partial charge in [-0.25, -0.2) is 14.2 Å². The molecule has 1 fully saturated rings. The van der Waals surface area contributed by atoms with Crippen molar-refractivity contribution in [2.24, 2.45) is 7.05 Å². The molecule has 2 aromatic rings. The number of aromatic nitrogens is 2. The second-order valence-corrected chi connectivity index (χ2v) is 6.34. The van der Waals surface area contributed by atoms with Gasteiger partial charge in [-0.3, -0.25) is 0 Å². The molecular formula is C18H23FN4O2. The van der Waals surface area contributed by atoms with Gasteiger partial charge in [0.1, 0.15) is 17.7 Å². The summed E-state index contributed by atoms with van der Waals surface area (Å²) in [6.07, 6.45) is 5.42. The summed E-state index contributed by atoms with van der Waals surface area (Å²) in [5, 5.41) is 5.81. The van der Waals surface area contributed by atoms with Crippen LogP contribution in [0.25, 0.3) is 0 Å². The van der Waals surface area contributed by atoms with E-state index in [1.807, 2.05) is 14.0 Å². The molecule has 25 heavy (non-hydrogen) atoms. The summed E-state index contributed by atoms with van der Waals surface area (Å²) in [7, 11) is 1.84. The van der Waals surface area contributed by atoms with Crippen molar-refractivity contribution in [3.63, 3.8) is 0 Å². The average molecular weight is 346 g/mol. The number of hydrogen-bond acceptors (Lipinski definition) is 3. The molecule has 0 unspecified atom stereocenters. The molecule has 1 saturated heterocycles. The Morgan fingerprint density at radius 3 is 2.92 bits per heavy atom. The summed E-state index contributed by atoms with van der Waals surface area (Å²) >= 11 is 0. The van der Waals surface area contributed by atoms with Gasteiger partial charge in [0.15, 0.2) is 0 Å². The molecule has 1 aromatic carbocycles. The summed E-state index contributed by atoms with van der Waals surface area (Å²) in [4.78, 5) is 16.8. The van der Waals surface area contributed by atoms with Crippen LogP contribution in [-0.2, 0) is 11.8 Å². The van der Waals surface area contributed by atoms with Crippen molar-refractivity contribution in [2.75, 3.05) is 6.61 Å². The van der Waals surface area contributed by atoms with Crippen LogP contribution in [0, 0.1) is 5.82 Å². The van der Waals surface area contributed by atoms with E-state index < -0.39 is 6.04 Å². The molecule has 0 spiro atoms. The first-order valence-corrected chi connectivity index (χ1v) is 8.46. The van der Waals surface area contributed by atoms with E-state index in [1.54, 1.807) is 29.1 Å². The lowest BCUT2D eigenvalue weighted by Gasteiger charge is -2.23. The van der Waals surface area contributed by atoms with Crippen LogP contribution in [0.4, 0.5) is 9.18 Å². The molecule has 3 atom stereocenters. The second kappa shape index (κ2) is 7.65. The first kappa shape index (κ1) is 17.4. The number of halogens is 1. The number of hydrogen-bond donors (Lipinski definition) is 2. The highest BCUT2D eigenvalue weighted by Gasteiger charge is 2.26. The van der Waals surface area contributed by atoms with E-state index in [-0.39, 0.29) is 24.0 Å². The second-order valence-electron chi connectivity index (χ2n) is 6.34. The van der Waals surface area contributed by atoms with Crippen LogP contribution >= 0.6 is 0 Å². The Kier molecular flexibility index (Phi) is 5.33. The van der Waals surface area contributed by atoms with Crippen molar-refractivity contribution in [3.05, 3.63) is 53.9 Å². The lowest BCUT2D eigenvalue weighted by atomic mass is 10.1. The van der Waals surface area contributed by atoms with Gasteiger partial charge in [0.25, 0.3) is 0 Å². The number of urea groups is 1. The van der Waals surface area contributed by atoms with Crippen LogP contribution < -0.4 is 10.6 Å². The summed E-state index contributed by atoms with van der Waals surface area (Å²) in [5.74, 6) is 0.275. The third-order valence-corrected chi connectivity index (χ3v) is 4.46. The van der Waals surface area contributed by atoms with Gasteiger partial charge in [0, 0.05) is 26.0 Å². The molecule has 1 aromatic heterocycles. The smallest absolute Gasteiger partial charge is 0.315 e. The lowest BCUT2D eigenvalue weighted by molar-refractivity contribution is 0.0859. The number of carbonyl (C=O) groups excluding carboxylic acids is 1. The maximum Gasteiger partial charge on any atom is 0.315 e. The van der Waals surface area contributed by atoms with E-state index in [0.29, 0.717) is 11.4 Å². The van der Waals surface area contributed by atoms with Crippen molar-refractivity contribution < 1.29 is 13.9 Å². The average Bonchev–Trinajstić information content (AvgIpc) is 3.24. The molecule has 0 saturated carbocycles. The zero-order chi connectivity index (χ0) is 17.8. The highest BCUT2D eigenvalue weighted by Crippen LogP contribution is 2.21. The van der Waals surface area contributed by atoms with Gasteiger partial charge >= 0.3 is 6.03 Å². The standard InChI is InChI=1S/C18H23FN4O2/c1-12(15-7-4-10-25-15)21-18(24)22-16(17-20-8-9-23(17)2)13-5-3-6-14(19)11-13/h3,5-6,8-9,11-12,15-16H,4,7,10H2,1-2H3,(H2,21,22,24)/t12-,15-,16-/m0/s1. The molecule has 0 radical (unpaired) electrons. The predicted octanol–water partition coefficient (Wildman–Crippen LogP) is 2.52. The van der Waals surface area contributed by atoms with Gasteiger partial charge in [0.05, 0.1) is 12.1 Å². The van der Waals surface area contributed by atoms with Gasteiger partial charge < -0.3 is 19.9 Å². The Balaban J connectivity index is 1.75. The van der Waals surface area contributed by atoms with Crippen LogP contribution in [0.3, 0.4) is 0 Å². The molecule has 1 aliphatic heterocycles. The van der Waals surface area contributed by atoms with Gasteiger partial charge in [-0.05, 0) is 37.5 Å². The molecule has 6 nitrogen and oxygen atoms in total. The third-order valence-electron chi connectivity index (χ3n) is 4.46. The number of benzene rings is 1. The minimum Gasteiger partial charge on any atom is -0.376 e. The van der Waals surface area contributed by atoms with Crippen LogP contribution in [0.2, 0.25) is 0 Å². The SMILES string of the molecule is C[C@H](NC(=O)N[C@@H](c1cccc(F)c1)c1nccn1C)[C@@H]1CCCO1. The Labute approximate surface area is 146 Å². The molecule has 2 heterocycles. The Hall–Kier alpha value is -2.41. The zero-order valence-corrected chi connectivity index (χ0v) is 14.4. The highest BCUT2D eigenvalue weighted by molar-refractivity contribution is 5.75. The lowest BCUT2D eigenvalue weighted by Crippen LogP contribution is -2.47. The molecule has 134 valence electrons. The van der Waals surface area contributed by atoms with Gasteiger partial charge in [-0.15, -0.1) is 0 Å². The fourth-order valence-corrected chi connectivity index (χ4v) is 3.11. The number of aryl methyl sites for hydroxylation is 1. The number of ether oxygens (including phenoxy) is 1. The first-order chi connectivity index (χ1) is 12.0. The highest BCUT2D eigenvalue weighted by atomic mass is 19.1. The van der Waals surface area contributed by atoms with Gasteiger partial charge in [-0.2, -0.15) is 0 Å². The molecule has 2 N–H and O–H groups in total. The van der Waals surface area contributed by atoms with Gasteiger partial charge in [0.2, 0.25) is 0 Å². The van der Waals surface area contributed by atoms with Gasteiger partial charge in [-0.1, -0.05) is 12.1 Å². The van der Waals surface area contributed by atoms with E-state index in [4.69, 9.17) is 4.74 Å². The normalized spacial score (nSPS) is 19.4. The van der Waals surface area contributed by atoms with Crippen LogP contribution in [0.1, 0.15) is 37.2 Å². The summed E-state index contributed by atoms with van der Waals surface area (Å²) in [6, 6.07) is 5.19. The summed E-state index contributed by atoms with van der Waals surface area (Å²) in [5.41, 5.74) is 0.634. The molecule has 0 bridgehead atoms. The molecule has 3 rings (SSSR count). The van der Waals surface area contributed by atoms with E-state index in [2.05, 4.69) is 15.6 Å². The van der Waals surface area contributed by atoms with Crippen LogP contribution in [0.5, 0.6) is 0 Å². The zero-order valence-electron chi connectivity index (χ0n) is 14.4. The monoisotopic (exact) mass is 346 g/mol. The predicted molar refractivity (Wildman–Crippen MR) is 91.6 cm³/mol. The Morgan fingerprint density at radius 1 is 1.44 bits per heavy atom. The minimum absolute atomic E-state index is 0.0338. The summed E-state index contributed by atoms with van der Waals surface area (Å²) in [6.45, 7) is 2.66. The van der Waals surface area contributed by atoms with Crippen molar-refractivity contribution in [3.8, 4) is 0 Å². The van der Waals surface area contributed by atoms with Crippen LogP contribution in [-0.4, -0.2) is 34.3 Å². The number of nitrogens with one attached hydrogen (secondary N) is 2. The van der Waals surface area contributed by atoms with E-state index in [0.717, 1.165) is 19.4 Å². The van der Waals surface area contributed by atoms with E-state index in [1.165, 1.54) is 12.1 Å². The van der Waals surface area contributed by atoms with Crippen molar-refractivity contribution in [1.29, 1.82) is 0 Å². The first-order valence-electron chi connectivity index (χ1n) is 8.46. The maximum absolute atomic E-state index is 13.6. The maximum atomic E-state index is 13.6. The quantitative estimate of drug-likeness (QED) is 0.874. The molecular weight excluding hydrogens is 323 g/mol. The van der Waals surface area contributed by atoms with Crippen molar-refractivity contribution >= 4 is 6.03 Å². The molecule has 2 amide bonds. The fourth-order valence-electron chi connectivity index (χ4n) is 3.11. The Bertz CT molecular complexity index is 727. The molecule has 0 aliphatic carbocycles. The minimum atomic E-state index is -0.549. The third kappa shape index (κ3) is 4.17. The number of imidazole rings is 1.